The van der Waals surface area contributed by atoms with Gasteiger partial charge in [-0.05, 0) is 24.5 Å². The van der Waals surface area contributed by atoms with Gasteiger partial charge in [0.05, 0.1) is 7.11 Å². The van der Waals surface area contributed by atoms with Gasteiger partial charge >= 0.3 is 11.9 Å². The summed E-state index contributed by atoms with van der Waals surface area (Å²) >= 11 is 0. The van der Waals surface area contributed by atoms with Crippen molar-refractivity contribution in [2.24, 2.45) is 0 Å². The van der Waals surface area contributed by atoms with E-state index in [9.17, 15) is 14.4 Å². The lowest BCUT2D eigenvalue weighted by Crippen LogP contribution is -2.41. The highest BCUT2D eigenvalue weighted by Crippen LogP contribution is 2.35. The van der Waals surface area contributed by atoms with Crippen molar-refractivity contribution in [3.63, 3.8) is 0 Å². The molecule has 32 heavy (non-hydrogen) atoms. The molecule has 0 unspecified atom stereocenters. The molecule has 1 aliphatic carbocycles. The van der Waals surface area contributed by atoms with Crippen LogP contribution in [0.25, 0.3) is 0 Å². The van der Waals surface area contributed by atoms with Gasteiger partial charge in [-0.1, -0.05) is 38.1 Å². The van der Waals surface area contributed by atoms with Crippen LogP contribution in [0.1, 0.15) is 61.1 Å². The number of aromatic nitrogens is 1. The molecule has 0 fully saturated rings. The van der Waals surface area contributed by atoms with Crippen molar-refractivity contribution in [1.29, 1.82) is 0 Å². The van der Waals surface area contributed by atoms with Crippen LogP contribution in [0.5, 0.6) is 11.5 Å². The van der Waals surface area contributed by atoms with Crippen LogP contribution in [0.3, 0.4) is 0 Å². The number of ether oxygens (including phenoxy) is 3. The van der Waals surface area contributed by atoms with Gasteiger partial charge in [0.1, 0.15) is 12.1 Å². The van der Waals surface area contributed by atoms with Crippen LogP contribution in [-0.2, 0) is 20.7 Å². The van der Waals surface area contributed by atoms with Crippen molar-refractivity contribution in [3.05, 3.63) is 53.3 Å². The third-order valence-electron chi connectivity index (χ3n) is 5.47. The Labute approximate surface area is 187 Å². The fraction of sp³-hybridized carbons (Fsp3) is 0.417. The second kappa shape index (κ2) is 10.3. The second-order valence-corrected chi connectivity index (χ2v) is 7.78. The molecule has 8 nitrogen and oxygen atoms in total. The topological polar surface area (TPSA) is 104 Å². The van der Waals surface area contributed by atoms with Gasteiger partial charge in [0, 0.05) is 31.0 Å². The Morgan fingerprint density at radius 2 is 1.97 bits per heavy atom. The number of hydrogen-bond donors (Lipinski definition) is 1. The van der Waals surface area contributed by atoms with Gasteiger partial charge in [0.15, 0.2) is 11.4 Å². The quantitative estimate of drug-likeness (QED) is 0.629. The van der Waals surface area contributed by atoms with Gasteiger partial charge in [-0.25, -0.2) is 9.78 Å². The van der Waals surface area contributed by atoms with E-state index < -0.39 is 23.9 Å². The van der Waals surface area contributed by atoms with Crippen LogP contribution in [0, 0.1) is 0 Å². The highest BCUT2D eigenvalue weighted by atomic mass is 16.6. The molecule has 1 aromatic heterocycles. The van der Waals surface area contributed by atoms with Crippen LogP contribution in [0.15, 0.2) is 36.5 Å². The van der Waals surface area contributed by atoms with Gasteiger partial charge in [-0.3, -0.25) is 9.59 Å². The van der Waals surface area contributed by atoms with Crippen LogP contribution in [-0.4, -0.2) is 42.1 Å². The zero-order valence-electron chi connectivity index (χ0n) is 18.7. The average Bonchev–Trinajstić information content (AvgIpc) is 3.09. The van der Waals surface area contributed by atoms with Crippen LogP contribution in [0.2, 0.25) is 0 Å². The predicted octanol–water partition coefficient (Wildman–Crippen LogP) is 3.19. The molecule has 0 bridgehead atoms. The molecule has 1 amide bonds. The first-order valence-corrected chi connectivity index (χ1v) is 10.7. The maximum absolute atomic E-state index is 12.8. The van der Waals surface area contributed by atoms with E-state index in [4.69, 9.17) is 14.2 Å². The second-order valence-electron chi connectivity index (χ2n) is 7.78. The number of carbonyl (C=O) groups is 3. The summed E-state index contributed by atoms with van der Waals surface area (Å²) in [5.74, 6) is -1.53. The zero-order chi connectivity index (χ0) is 23.3. The molecule has 170 valence electrons. The third kappa shape index (κ3) is 5.07. The molecular formula is C24H28N2O6. The Hall–Kier alpha value is -3.42. The molecule has 0 aliphatic heterocycles. The van der Waals surface area contributed by atoms with Crippen molar-refractivity contribution in [2.45, 2.75) is 58.1 Å². The Balaban J connectivity index is 1.68. The molecule has 0 saturated heterocycles. The van der Waals surface area contributed by atoms with Crippen molar-refractivity contribution < 1.29 is 28.6 Å². The highest BCUT2D eigenvalue weighted by molar-refractivity contribution is 5.98. The number of nitrogens with zero attached hydrogens (tertiary/aromatic N) is 1. The normalized spacial score (nSPS) is 17.8. The number of amides is 1. The molecule has 1 aromatic carbocycles. The van der Waals surface area contributed by atoms with E-state index in [2.05, 4.69) is 10.3 Å². The van der Waals surface area contributed by atoms with Crippen molar-refractivity contribution >= 4 is 17.8 Å². The van der Waals surface area contributed by atoms with Crippen LogP contribution in [0.4, 0.5) is 0 Å². The number of benzene rings is 1. The van der Waals surface area contributed by atoms with E-state index in [0.717, 1.165) is 5.56 Å². The van der Waals surface area contributed by atoms with Crippen LogP contribution >= 0.6 is 0 Å². The van der Waals surface area contributed by atoms with E-state index in [0.29, 0.717) is 12.8 Å². The van der Waals surface area contributed by atoms with E-state index >= 15 is 0 Å². The monoisotopic (exact) mass is 440 g/mol. The summed E-state index contributed by atoms with van der Waals surface area (Å²) in [5, 5.41) is 2.58. The first kappa shape index (κ1) is 23.2. The van der Waals surface area contributed by atoms with E-state index in [-0.39, 0.29) is 35.6 Å². The molecule has 0 radical (unpaired) electrons. The maximum atomic E-state index is 12.8. The molecule has 0 spiro atoms. The lowest BCUT2D eigenvalue weighted by molar-refractivity contribution is -0.151. The van der Waals surface area contributed by atoms with Gasteiger partial charge < -0.3 is 19.5 Å². The number of hydrogen-bond acceptors (Lipinski definition) is 7. The van der Waals surface area contributed by atoms with Gasteiger partial charge in [-0.2, -0.15) is 0 Å². The smallest absolute Gasteiger partial charge is 0.328 e. The predicted molar refractivity (Wildman–Crippen MR) is 117 cm³/mol. The number of nitrogens with one attached hydrogen (secondary N) is 1. The summed E-state index contributed by atoms with van der Waals surface area (Å²) in [6, 6.07) is 8.56. The lowest BCUT2D eigenvalue weighted by Gasteiger charge is -2.20. The van der Waals surface area contributed by atoms with Crippen LogP contribution < -0.4 is 14.8 Å². The number of rotatable bonds is 8. The maximum Gasteiger partial charge on any atom is 0.328 e. The summed E-state index contributed by atoms with van der Waals surface area (Å²) in [5.41, 5.74) is 2.19. The third-order valence-corrected chi connectivity index (χ3v) is 5.47. The molecule has 0 saturated carbocycles. The summed E-state index contributed by atoms with van der Waals surface area (Å²) < 4.78 is 16.2. The van der Waals surface area contributed by atoms with Gasteiger partial charge in [0.25, 0.3) is 5.91 Å². The SMILES string of the molecule is CCCC(=O)Oc1c(OC)ccnc1C(=O)N[C@@H](C)C(=O)O[C@H]1Cc2ccccc2[C@@H]1C. The van der Waals surface area contributed by atoms with E-state index in [1.54, 1.807) is 0 Å². The fourth-order valence-corrected chi connectivity index (χ4v) is 3.70. The number of methoxy groups -OCH3 is 1. The lowest BCUT2D eigenvalue weighted by atomic mass is 10.0. The first-order chi connectivity index (χ1) is 15.3. The molecule has 3 rings (SSSR count). The van der Waals surface area contributed by atoms with Crippen molar-refractivity contribution in [3.8, 4) is 11.5 Å². The number of pyridine rings is 1. The summed E-state index contributed by atoms with van der Waals surface area (Å²) in [6.07, 6.45) is 2.49. The van der Waals surface area contributed by atoms with E-state index in [1.807, 2.05) is 38.1 Å². The number of esters is 2. The largest absolute Gasteiger partial charge is 0.493 e. The summed E-state index contributed by atoms with van der Waals surface area (Å²) in [4.78, 5) is 41.5. The molecule has 1 heterocycles. The minimum atomic E-state index is -0.925. The average molecular weight is 440 g/mol. The number of fused-ring (bicyclic) bond motifs is 1. The molecule has 1 aliphatic rings. The molecule has 1 N–H and O–H groups in total. The molecule has 2 aromatic rings. The van der Waals surface area contributed by atoms with Gasteiger partial charge in [-0.15, -0.1) is 0 Å². The van der Waals surface area contributed by atoms with E-state index in [1.165, 1.54) is 31.9 Å². The minimum absolute atomic E-state index is 0.0719. The number of carbonyl (C=O) groups excluding carboxylic acids is 3. The first-order valence-electron chi connectivity index (χ1n) is 10.7. The Morgan fingerprint density at radius 1 is 1.22 bits per heavy atom. The Kier molecular flexibility index (Phi) is 7.45. The summed E-state index contributed by atoms with van der Waals surface area (Å²) in [7, 11) is 1.40. The van der Waals surface area contributed by atoms with Gasteiger partial charge in [0.2, 0.25) is 5.75 Å². The highest BCUT2D eigenvalue weighted by Gasteiger charge is 2.33. The molecule has 3 atom stereocenters. The Bertz CT molecular complexity index is 1010. The summed E-state index contributed by atoms with van der Waals surface area (Å²) in [6.45, 7) is 5.40. The van der Waals surface area contributed by atoms with Crippen molar-refractivity contribution in [1.82, 2.24) is 10.3 Å². The minimum Gasteiger partial charge on any atom is -0.493 e. The Morgan fingerprint density at radius 3 is 2.66 bits per heavy atom. The fourth-order valence-electron chi connectivity index (χ4n) is 3.70. The van der Waals surface area contributed by atoms with Crippen molar-refractivity contribution in [2.75, 3.05) is 7.11 Å². The zero-order valence-corrected chi connectivity index (χ0v) is 18.7. The molecular weight excluding hydrogens is 412 g/mol. The molecule has 8 heteroatoms. The standard InChI is InChI=1S/C24H28N2O6/c1-5-8-20(27)32-22-18(30-4)11-12-25-21(22)23(28)26-15(3)24(29)31-19-13-16-9-6-7-10-17(16)14(19)2/h6-7,9-12,14-15,19H,5,8,13H2,1-4H3,(H,26,28)/t14-,15-,19-/m0/s1.